The Kier molecular flexibility index (Phi) is 5.68. The Labute approximate surface area is 184 Å². The van der Waals surface area contributed by atoms with Crippen LogP contribution in [0.5, 0.6) is 11.5 Å². The highest BCUT2D eigenvalue weighted by Gasteiger charge is 2.21. The van der Waals surface area contributed by atoms with Crippen molar-refractivity contribution in [1.29, 1.82) is 0 Å². The predicted molar refractivity (Wildman–Crippen MR) is 120 cm³/mol. The summed E-state index contributed by atoms with van der Waals surface area (Å²) in [6.45, 7) is 0. The minimum atomic E-state index is -0.550. The summed E-state index contributed by atoms with van der Waals surface area (Å²) in [6, 6.07) is 22.5. The van der Waals surface area contributed by atoms with Gasteiger partial charge in [-0.15, -0.1) is 0 Å². The number of hydrogen-bond donors (Lipinski definition) is 1. The van der Waals surface area contributed by atoms with E-state index in [2.05, 4.69) is 0 Å². The molecular weight excluding hydrogens is 406 g/mol. The molecule has 1 N–H and O–H groups in total. The van der Waals surface area contributed by atoms with E-state index in [-0.39, 0.29) is 28.0 Å². The highest BCUT2D eigenvalue weighted by molar-refractivity contribution is 6.13. The lowest BCUT2D eigenvalue weighted by Crippen LogP contribution is -2.27. The predicted octanol–water partition coefficient (Wildman–Crippen LogP) is 4.01. The van der Waals surface area contributed by atoms with Gasteiger partial charge in [0.1, 0.15) is 11.5 Å². The van der Waals surface area contributed by atoms with E-state index in [0.29, 0.717) is 11.4 Å². The largest absolute Gasteiger partial charge is 0.507 e. The monoisotopic (exact) mass is 425 g/mol. The number of aromatic nitrogens is 1. The van der Waals surface area contributed by atoms with Gasteiger partial charge in [0.15, 0.2) is 11.6 Å². The van der Waals surface area contributed by atoms with Crippen molar-refractivity contribution in [1.82, 2.24) is 4.57 Å². The second kappa shape index (κ2) is 8.73. The van der Waals surface area contributed by atoms with Crippen molar-refractivity contribution in [2.75, 3.05) is 7.11 Å². The zero-order chi connectivity index (χ0) is 22.7. The summed E-state index contributed by atoms with van der Waals surface area (Å²) >= 11 is 0. The van der Waals surface area contributed by atoms with Gasteiger partial charge in [-0.05, 0) is 54.6 Å². The van der Waals surface area contributed by atoms with Crippen molar-refractivity contribution in [3.05, 3.63) is 124 Å². The van der Waals surface area contributed by atoms with Crippen molar-refractivity contribution in [2.24, 2.45) is 0 Å². The zero-order valence-electron chi connectivity index (χ0n) is 17.2. The van der Waals surface area contributed by atoms with Crippen LogP contribution < -0.4 is 10.3 Å². The molecule has 0 atom stereocenters. The van der Waals surface area contributed by atoms with Crippen LogP contribution in [0.15, 0.2) is 95.9 Å². The number of carbonyl (C=O) groups is 2. The molecule has 0 amide bonds. The van der Waals surface area contributed by atoms with Gasteiger partial charge in [-0.1, -0.05) is 30.3 Å². The molecule has 1 aromatic heterocycles. The number of ketones is 2. The molecule has 0 aliphatic heterocycles. The van der Waals surface area contributed by atoms with Gasteiger partial charge in [0.2, 0.25) is 0 Å². The first-order valence-corrected chi connectivity index (χ1v) is 9.83. The molecule has 0 aliphatic carbocycles. The fourth-order valence-electron chi connectivity index (χ4n) is 3.37. The SMILES string of the molecule is COc1ccc(C(=O)c2cc(C(=O)c3ccccc3O)cn(-c3ccccc3)c2=O)cc1. The Hall–Kier alpha value is -4.45. The molecule has 0 unspecified atom stereocenters. The van der Waals surface area contributed by atoms with Crippen LogP contribution in [-0.4, -0.2) is 28.3 Å². The van der Waals surface area contributed by atoms with Gasteiger partial charge in [-0.3, -0.25) is 19.0 Å². The topological polar surface area (TPSA) is 85.6 Å². The summed E-state index contributed by atoms with van der Waals surface area (Å²) in [7, 11) is 1.52. The van der Waals surface area contributed by atoms with Crippen LogP contribution >= 0.6 is 0 Å². The van der Waals surface area contributed by atoms with Gasteiger partial charge in [0.05, 0.1) is 18.2 Å². The summed E-state index contributed by atoms with van der Waals surface area (Å²) < 4.78 is 6.39. The maximum absolute atomic E-state index is 13.2. The number of carbonyl (C=O) groups excluding carboxylic acids is 2. The second-order valence-electron chi connectivity index (χ2n) is 7.06. The van der Waals surface area contributed by atoms with Crippen molar-refractivity contribution >= 4 is 11.6 Å². The number of methoxy groups -OCH3 is 1. The summed E-state index contributed by atoms with van der Waals surface area (Å²) in [6.07, 6.45) is 1.39. The third-order valence-electron chi connectivity index (χ3n) is 5.06. The van der Waals surface area contributed by atoms with E-state index in [9.17, 15) is 19.5 Å². The molecule has 3 aromatic carbocycles. The first kappa shape index (κ1) is 20.8. The van der Waals surface area contributed by atoms with Gasteiger partial charge in [0.25, 0.3) is 5.56 Å². The zero-order valence-corrected chi connectivity index (χ0v) is 17.2. The average Bonchev–Trinajstić information content (AvgIpc) is 2.84. The van der Waals surface area contributed by atoms with Gasteiger partial charge >= 0.3 is 0 Å². The van der Waals surface area contributed by atoms with E-state index in [0.717, 1.165) is 0 Å². The molecule has 0 radical (unpaired) electrons. The Balaban J connectivity index is 1.90. The van der Waals surface area contributed by atoms with Gasteiger partial charge in [-0.25, -0.2) is 0 Å². The number of aromatic hydroxyl groups is 1. The Morgan fingerprint density at radius 2 is 1.41 bits per heavy atom. The molecule has 158 valence electrons. The van der Waals surface area contributed by atoms with Crippen molar-refractivity contribution in [2.45, 2.75) is 0 Å². The number of nitrogens with zero attached hydrogens (tertiary/aromatic N) is 1. The third kappa shape index (κ3) is 3.94. The molecule has 0 bridgehead atoms. The number of hydrogen-bond acceptors (Lipinski definition) is 5. The van der Waals surface area contributed by atoms with Gasteiger partial charge < -0.3 is 9.84 Å². The van der Waals surface area contributed by atoms with Crippen molar-refractivity contribution < 1.29 is 19.4 Å². The third-order valence-corrected chi connectivity index (χ3v) is 5.06. The minimum absolute atomic E-state index is 0.0774. The van der Waals surface area contributed by atoms with Crippen molar-refractivity contribution in [3.8, 4) is 17.2 Å². The number of pyridine rings is 1. The number of rotatable bonds is 6. The van der Waals surface area contributed by atoms with Gasteiger partial charge in [-0.2, -0.15) is 0 Å². The number of para-hydroxylation sites is 2. The first-order valence-electron chi connectivity index (χ1n) is 9.83. The highest BCUT2D eigenvalue weighted by atomic mass is 16.5. The highest BCUT2D eigenvalue weighted by Crippen LogP contribution is 2.21. The quantitative estimate of drug-likeness (QED) is 0.472. The van der Waals surface area contributed by atoms with Crippen LogP contribution in [-0.2, 0) is 0 Å². The minimum Gasteiger partial charge on any atom is -0.507 e. The van der Waals surface area contributed by atoms with Crippen LogP contribution in [0.3, 0.4) is 0 Å². The van der Waals surface area contributed by atoms with E-state index in [4.69, 9.17) is 4.74 Å². The van der Waals surface area contributed by atoms with Crippen LogP contribution in [0.25, 0.3) is 5.69 Å². The Morgan fingerprint density at radius 3 is 2.06 bits per heavy atom. The molecule has 0 fully saturated rings. The normalized spacial score (nSPS) is 10.5. The van der Waals surface area contributed by atoms with Gasteiger partial charge in [0, 0.05) is 23.0 Å². The van der Waals surface area contributed by atoms with E-state index < -0.39 is 17.1 Å². The summed E-state index contributed by atoms with van der Waals surface area (Å²) in [5, 5.41) is 10.1. The molecule has 4 rings (SSSR count). The fourth-order valence-corrected chi connectivity index (χ4v) is 3.37. The van der Waals surface area contributed by atoms with Crippen LogP contribution in [0.2, 0.25) is 0 Å². The molecule has 0 saturated carbocycles. The average molecular weight is 425 g/mol. The van der Waals surface area contributed by atoms with Crippen molar-refractivity contribution in [3.63, 3.8) is 0 Å². The molecule has 0 spiro atoms. The van der Waals surface area contributed by atoms with Crippen LogP contribution in [0.4, 0.5) is 0 Å². The molecule has 4 aromatic rings. The molecule has 0 aliphatic rings. The summed E-state index contributed by atoms with van der Waals surface area (Å²) in [4.78, 5) is 39.6. The van der Waals surface area contributed by atoms with E-state index >= 15 is 0 Å². The number of benzene rings is 3. The molecule has 6 nitrogen and oxygen atoms in total. The smallest absolute Gasteiger partial charge is 0.266 e. The Morgan fingerprint density at radius 1 is 0.781 bits per heavy atom. The van der Waals surface area contributed by atoms with Crippen LogP contribution in [0, 0.1) is 0 Å². The number of phenols is 1. The fraction of sp³-hybridized carbons (Fsp3) is 0.0385. The van der Waals surface area contributed by atoms with E-state index in [1.165, 1.54) is 36.1 Å². The number of ether oxygens (including phenoxy) is 1. The molecule has 6 heteroatoms. The Bertz CT molecular complexity index is 1360. The molecular formula is C26H19NO5. The first-order chi connectivity index (χ1) is 15.5. The molecule has 32 heavy (non-hydrogen) atoms. The van der Waals surface area contributed by atoms with E-state index in [1.54, 1.807) is 66.7 Å². The summed E-state index contributed by atoms with van der Waals surface area (Å²) in [5.41, 5.74) is 0.273. The van der Waals surface area contributed by atoms with E-state index in [1.807, 2.05) is 0 Å². The van der Waals surface area contributed by atoms with Crippen LogP contribution in [0.1, 0.15) is 31.8 Å². The maximum atomic E-state index is 13.2. The number of phenolic OH excluding ortho intramolecular Hbond substituents is 1. The standard InChI is InChI=1S/C26H19NO5/c1-32-20-13-11-17(12-14-20)24(29)22-15-18(25(30)21-9-5-6-10-23(21)28)16-27(26(22)31)19-7-3-2-4-8-19/h2-16,28H,1H3. The lowest BCUT2D eigenvalue weighted by molar-refractivity contribution is 0.103. The maximum Gasteiger partial charge on any atom is 0.266 e. The second-order valence-corrected chi connectivity index (χ2v) is 7.06. The lowest BCUT2D eigenvalue weighted by atomic mass is 9.98. The molecule has 1 heterocycles. The lowest BCUT2D eigenvalue weighted by Gasteiger charge is -2.12. The summed E-state index contributed by atoms with van der Waals surface area (Å²) in [5.74, 6) is -0.629. The molecule has 0 saturated heterocycles.